The molecule has 0 spiro atoms. The van der Waals surface area contributed by atoms with Crippen molar-refractivity contribution in [1.82, 2.24) is 5.32 Å². The highest BCUT2D eigenvalue weighted by atomic mass is 19.2. The summed E-state index contributed by atoms with van der Waals surface area (Å²) in [7, 11) is 1.35. The van der Waals surface area contributed by atoms with E-state index in [-0.39, 0.29) is 24.1 Å². The average Bonchev–Trinajstić information content (AvgIpc) is 2.42. The van der Waals surface area contributed by atoms with Crippen LogP contribution in [0.2, 0.25) is 0 Å². The molecule has 0 heterocycles. The Bertz CT molecular complexity index is 424. The Morgan fingerprint density at radius 3 is 2.79 bits per heavy atom. The second kappa shape index (κ2) is 7.84. The highest BCUT2D eigenvalue weighted by Gasteiger charge is 2.12. The van der Waals surface area contributed by atoms with E-state index in [4.69, 9.17) is 0 Å². The molecule has 1 unspecified atom stereocenters. The molecule has 0 aliphatic rings. The fourth-order valence-electron chi connectivity index (χ4n) is 1.78. The number of hydrogen-bond donors (Lipinski definition) is 1. The smallest absolute Gasteiger partial charge is 0.305 e. The van der Waals surface area contributed by atoms with E-state index in [1.54, 1.807) is 6.07 Å². The van der Waals surface area contributed by atoms with Crippen molar-refractivity contribution in [1.29, 1.82) is 0 Å². The van der Waals surface area contributed by atoms with Gasteiger partial charge in [-0.3, -0.25) is 4.79 Å². The first-order valence-corrected chi connectivity index (χ1v) is 6.31. The van der Waals surface area contributed by atoms with Crippen molar-refractivity contribution in [2.24, 2.45) is 0 Å². The monoisotopic (exact) mass is 271 g/mol. The minimum atomic E-state index is -0.845. The molecule has 0 aliphatic carbocycles. The van der Waals surface area contributed by atoms with Crippen LogP contribution in [0.3, 0.4) is 0 Å². The molecular formula is C14H19F2NO2. The Balaban J connectivity index is 2.48. The fourth-order valence-corrected chi connectivity index (χ4v) is 1.78. The van der Waals surface area contributed by atoms with E-state index in [1.165, 1.54) is 13.2 Å². The Hall–Kier alpha value is -1.49. The van der Waals surface area contributed by atoms with Crippen molar-refractivity contribution in [3.05, 3.63) is 35.4 Å². The van der Waals surface area contributed by atoms with Crippen LogP contribution in [0.4, 0.5) is 8.78 Å². The van der Waals surface area contributed by atoms with E-state index in [1.807, 2.05) is 6.92 Å². The summed E-state index contributed by atoms with van der Waals surface area (Å²) < 4.78 is 31.0. The minimum Gasteiger partial charge on any atom is -0.469 e. The molecular weight excluding hydrogens is 252 g/mol. The van der Waals surface area contributed by atoms with Crippen molar-refractivity contribution >= 4 is 5.97 Å². The van der Waals surface area contributed by atoms with Crippen LogP contribution < -0.4 is 5.32 Å². The van der Waals surface area contributed by atoms with Gasteiger partial charge in [0.15, 0.2) is 11.6 Å². The maximum atomic E-state index is 13.4. The molecule has 0 radical (unpaired) electrons. The van der Waals surface area contributed by atoms with Gasteiger partial charge in [0.05, 0.1) is 7.11 Å². The van der Waals surface area contributed by atoms with Crippen LogP contribution in [0.15, 0.2) is 18.2 Å². The third-order valence-electron chi connectivity index (χ3n) is 3.03. The molecule has 0 saturated heterocycles. The highest BCUT2D eigenvalue weighted by molar-refractivity contribution is 5.69. The zero-order chi connectivity index (χ0) is 14.3. The van der Waals surface area contributed by atoms with Gasteiger partial charge in [-0.05, 0) is 18.9 Å². The first-order valence-electron chi connectivity index (χ1n) is 6.31. The number of esters is 1. The molecule has 1 rings (SSSR count). The van der Waals surface area contributed by atoms with Gasteiger partial charge in [0, 0.05) is 24.6 Å². The molecule has 0 fully saturated rings. The summed E-state index contributed by atoms with van der Waals surface area (Å²) in [4.78, 5) is 11.0. The van der Waals surface area contributed by atoms with Gasteiger partial charge in [0.2, 0.25) is 0 Å². The molecule has 1 aromatic carbocycles. The van der Waals surface area contributed by atoms with Crippen LogP contribution in [-0.4, -0.2) is 19.1 Å². The summed E-state index contributed by atoms with van der Waals surface area (Å²) in [6.45, 7) is 2.21. The van der Waals surface area contributed by atoms with E-state index in [0.717, 1.165) is 12.5 Å². The first kappa shape index (κ1) is 15.6. The van der Waals surface area contributed by atoms with Gasteiger partial charge in [-0.2, -0.15) is 0 Å². The summed E-state index contributed by atoms with van der Waals surface area (Å²) in [5.41, 5.74) is 0.288. The molecule has 0 amide bonds. The molecule has 19 heavy (non-hydrogen) atoms. The summed E-state index contributed by atoms with van der Waals surface area (Å²) in [6, 6.07) is 4.18. The molecule has 0 bridgehead atoms. The van der Waals surface area contributed by atoms with Gasteiger partial charge in [-0.1, -0.05) is 19.1 Å². The maximum Gasteiger partial charge on any atom is 0.305 e. The molecule has 0 aliphatic heterocycles. The van der Waals surface area contributed by atoms with Crippen LogP contribution in [-0.2, 0) is 16.1 Å². The van der Waals surface area contributed by atoms with E-state index in [9.17, 15) is 13.6 Å². The molecule has 5 heteroatoms. The van der Waals surface area contributed by atoms with E-state index < -0.39 is 11.6 Å². The van der Waals surface area contributed by atoms with Crippen molar-refractivity contribution in [3.63, 3.8) is 0 Å². The quantitative estimate of drug-likeness (QED) is 0.775. The fraction of sp³-hybridized carbons (Fsp3) is 0.500. The van der Waals surface area contributed by atoms with E-state index in [2.05, 4.69) is 10.1 Å². The number of halogens is 2. The first-order chi connectivity index (χ1) is 9.08. The highest BCUT2D eigenvalue weighted by Crippen LogP contribution is 2.12. The van der Waals surface area contributed by atoms with Crippen molar-refractivity contribution in [3.8, 4) is 0 Å². The predicted octanol–water partition coefficient (Wildman–Crippen LogP) is 2.79. The molecule has 0 saturated carbocycles. The summed E-state index contributed by atoms with van der Waals surface area (Å²) in [6.07, 6.45) is 1.72. The number of methoxy groups -OCH3 is 1. The minimum absolute atomic E-state index is 0.0711. The lowest BCUT2D eigenvalue weighted by molar-refractivity contribution is -0.140. The maximum absolute atomic E-state index is 13.4. The topological polar surface area (TPSA) is 38.3 Å². The third kappa shape index (κ3) is 4.95. The SMILES string of the molecule is CCC(CCC(=O)OC)NCc1cccc(F)c1F. The predicted molar refractivity (Wildman–Crippen MR) is 68.5 cm³/mol. The van der Waals surface area contributed by atoms with Crippen molar-refractivity contribution in [2.75, 3.05) is 7.11 Å². The standard InChI is InChI=1S/C14H19F2NO2/c1-3-11(7-8-13(18)19-2)17-9-10-5-4-6-12(15)14(10)16/h4-6,11,17H,3,7-9H2,1-2H3. The summed E-state index contributed by atoms with van der Waals surface area (Å²) in [5, 5.41) is 3.12. The van der Waals surface area contributed by atoms with Gasteiger partial charge in [-0.15, -0.1) is 0 Å². The lowest BCUT2D eigenvalue weighted by Crippen LogP contribution is -2.29. The van der Waals surface area contributed by atoms with Gasteiger partial charge in [0.25, 0.3) is 0 Å². The second-order valence-corrected chi connectivity index (χ2v) is 4.31. The Morgan fingerprint density at radius 1 is 1.42 bits per heavy atom. The molecule has 1 atom stereocenters. The Kier molecular flexibility index (Phi) is 6.42. The largest absolute Gasteiger partial charge is 0.469 e. The van der Waals surface area contributed by atoms with Gasteiger partial charge in [0.1, 0.15) is 0 Å². The zero-order valence-electron chi connectivity index (χ0n) is 11.2. The van der Waals surface area contributed by atoms with Crippen LogP contribution in [0.25, 0.3) is 0 Å². The number of nitrogens with one attached hydrogen (secondary N) is 1. The average molecular weight is 271 g/mol. The number of benzene rings is 1. The number of rotatable bonds is 7. The molecule has 3 nitrogen and oxygen atoms in total. The number of carbonyl (C=O) groups excluding carboxylic acids is 1. The molecule has 1 N–H and O–H groups in total. The van der Waals surface area contributed by atoms with Crippen LogP contribution in [0.5, 0.6) is 0 Å². The molecule has 1 aromatic rings. The second-order valence-electron chi connectivity index (χ2n) is 4.31. The van der Waals surface area contributed by atoms with Crippen molar-refractivity contribution in [2.45, 2.75) is 38.8 Å². The van der Waals surface area contributed by atoms with Crippen molar-refractivity contribution < 1.29 is 18.3 Å². The van der Waals surface area contributed by atoms with Crippen LogP contribution in [0, 0.1) is 11.6 Å². The molecule has 106 valence electrons. The Morgan fingerprint density at radius 2 is 2.16 bits per heavy atom. The summed E-state index contributed by atoms with van der Waals surface area (Å²) in [5.74, 6) is -1.93. The Labute approximate surface area is 112 Å². The zero-order valence-corrected chi connectivity index (χ0v) is 11.2. The normalized spacial score (nSPS) is 12.2. The van der Waals surface area contributed by atoms with Crippen LogP contribution >= 0.6 is 0 Å². The van der Waals surface area contributed by atoms with Gasteiger partial charge < -0.3 is 10.1 Å². The van der Waals surface area contributed by atoms with E-state index in [0.29, 0.717) is 12.8 Å². The lowest BCUT2D eigenvalue weighted by atomic mass is 10.1. The number of ether oxygens (including phenoxy) is 1. The summed E-state index contributed by atoms with van der Waals surface area (Å²) >= 11 is 0. The number of hydrogen-bond acceptors (Lipinski definition) is 3. The number of carbonyl (C=O) groups is 1. The van der Waals surface area contributed by atoms with Gasteiger partial charge in [-0.25, -0.2) is 8.78 Å². The third-order valence-corrected chi connectivity index (χ3v) is 3.03. The van der Waals surface area contributed by atoms with E-state index >= 15 is 0 Å². The lowest BCUT2D eigenvalue weighted by Gasteiger charge is -2.16. The van der Waals surface area contributed by atoms with Crippen LogP contribution in [0.1, 0.15) is 31.7 Å². The van der Waals surface area contributed by atoms with Gasteiger partial charge >= 0.3 is 5.97 Å². The molecule has 0 aromatic heterocycles.